The van der Waals surface area contributed by atoms with Crippen LogP contribution in [0.15, 0.2) is 42.6 Å². The summed E-state index contributed by atoms with van der Waals surface area (Å²) in [5, 5.41) is 14.0. The number of rotatable bonds is 7. The van der Waals surface area contributed by atoms with E-state index >= 15 is 0 Å². The van der Waals surface area contributed by atoms with Crippen LogP contribution in [0.2, 0.25) is 5.02 Å². The van der Waals surface area contributed by atoms with E-state index < -0.39 is 0 Å². The maximum atomic E-state index is 9.42. The standard InChI is InChI=1S/C20H20ClN5O/c1-26(2)7-8-27-20-9-14(5-6-23-20)13-24-19-10-15(12-22)17-11-16(21)3-4-18(17)25-19/h3-6,9-11H,7-8,13H2,1-2H3,(H,24,25). The lowest BCUT2D eigenvalue weighted by Crippen LogP contribution is -2.19. The lowest BCUT2D eigenvalue weighted by Gasteiger charge is -2.12. The number of fused-ring (bicyclic) bond motifs is 1. The summed E-state index contributed by atoms with van der Waals surface area (Å²) in [6.07, 6.45) is 1.72. The largest absolute Gasteiger partial charge is 0.476 e. The molecule has 0 aliphatic heterocycles. The molecule has 3 rings (SSSR count). The van der Waals surface area contributed by atoms with Gasteiger partial charge in [-0.2, -0.15) is 5.26 Å². The van der Waals surface area contributed by atoms with Crippen LogP contribution in [-0.4, -0.2) is 42.1 Å². The third-order valence-corrected chi connectivity index (χ3v) is 4.19. The molecule has 138 valence electrons. The van der Waals surface area contributed by atoms with Gasteiger partial charge in [-0.3, -0.25) is 0 Å². The molecule has 0 bridgehead atoms. The SMILES string of the molecule is CN(C)CCOc1cc(CNc2cc(C#N)c3cc(Cl)ccc3n2)ccn1. The number of benzene rings is 1. The summed E-state index contributed by atoms with van der Waals surface area (Å²) >= 11 is 6.02. The van der Waals surface area contributed by atoms with Crippen LogP contribution in [0, 0.1) is 11.3 Å². The second kappa shape index (κ2) is 8.67. The van der Waals surface area contributed by atoms with Gasteiger partial charge in [-0.1, -0.05) is 11.6 Å². The quantitative estimate of drug-likeness (QED) is 0.672. The van der Waals surface area contributed by atoms with E-state index in [1.165, 1.54) is 0 Å². The van der Waals surface area contributed by atoms with Crippen molar-refractivity contribution in [3.05, 3.63) is 58.7 Å². The zero-order valence-corrected chi connectivity index (χ0v) is 16.0. The summed E-state index contributed by atoms with van der Waals surface area (Å²) < 4.78 is 5.66. The molecule has 2 aromatic heterocycles. The van der Waals surface area contributed by atoms with E-state index in [0.717, 1.165) is 23.0 Å². The Labute approximate surface area is 163 Å². The summed E-state index contributed by atoms with van der Waals surface area (Å²) in [6, 6.07) is 13.1. The first-order chi connectivity index (χ1) is 13.0. The Hall–Kier alpha value is -2.88. The van der Waals surface area contributed by atoms with Crippen LogP contribution < -0.4 is 10.1 Å². The molecule has 2 heterocycles. The van der Waals surface area contributed by atoms with Gasteiger partial charge >= 0.3 is 0 Å². The van der Waals surface area contributed by atoms with Crippen molar-refractivity contribution in [3.8, 4) is 11.9 Å². The molecule has 1 aromatic carbocycles. The highest BCUT2D eigenvalue weighted by Gasteiger charge is 2.07. The van der Waals surface area contributed by atoms with Gasteiger partial charge in [-0.05, 0) is 50.0 Å². The van der Waals surface area contributed by atoms with Crippen molar-refractivity contribution in [2.75, 3.05) is 32.6 Å². The average Bonchev–Trinajstić information content (AvgIpc) is 2.66. The van der Waals surface area contributed by atoms with Crippen LogP contribution in [0.1, 0.15) is 11.1 Å². The minimum atomic E-state index is 0.535. The van der Waals surface area contributed by atoms with Gasteiger partial charge < -0.3 is 15.0 Å². The van der Waals surface area contributed by atoms with Gasteiger partial charge in [0, 0.05) is 35.8 Å². The molecule has 0 amide bonds. The predicted molar refractivity (Wildman–Crippen MR) is 107 cm³/mol. The fourth-order valence-corrected chi connectivity index (χ4v) is 2.72. The first-order valence-electron chi connectivity index (χ1n) is 8.52. The summed E-state index contributed by atoms with van der Waals surface area (Å²) in [5.41, 5.74) is 2.28. The van der Waals surface area contributed by atoms with E-state index in [0.29, 0.717) is 35.4 Å². The van der Waals surface area contributed by atoms with Gasteiger partial charge in [0.05, 0.1) is 17.1 Å². The number of pyridine rings is 2. The summed E-state index contributed by atoms with van der Waals surface area (Å²) in [6.45, 7) is 1.95. The van der Waals surface area contributed by atoms with Gasteiger partial charge in [0.15, 0.2) is 0 Å². The van der Waals surface area contributed by atoms with Crippen molar-refractivity contribution in [2.45, 2.75) is 6.54 Å². The van der Waals surface area contributed by atoms with Gasteiger partial charge in [0.1, 0.15) is 12.4 Å². The van der Waals surface area contributed by atoms with Crippen LogP contribution in [0.4, 0.5) is 5.82 Å². The van der Waals surface area contributed by atoms with Gasteiger partial charge in [-0.15, -0.1) is 0 Å². The molecule has 27 heavy (non-hydrogen) atoms. The number of hydrogen-bond acceptors (Lipinski definition) is 6. The molecular weight excluding hydrogens is 362 g/mol. The second-order valence-electron chi connectivity index (χ2n) is 6.34. The number of aromatic nitrogens is 2. The average molecular weight is 382 g/mol. The number of likely N-dealkylation sites (N-methyl/N-ethyl adjacent to an activating group) is 1. The number of ether oxygens (including phenoxy) is 1. The van der Waals surface area contributed by atoms with Crippen LogP contribution in [0.3, 0.4) is 0 Å². The van der Waals surface area contributed by atoms with Crippen molar-refractivity contribution < 1.29 is 4.74 Å². The topological polar surface area (TPSA) is 74.1 Å². The highest BCUT2D eigenvalue weighted by atomic mass is 35.5. The number of halogens is 1. The Kier molecular flexibility index (Phi) is 6.07. The minimum Gasteiger partial charge on any atom is -0.476 e. The third-order valence-electron chi connectivity index (χ3n) is 3.95. The van der Waals surface area contributed by atoms with E-state index in [4.69, 9.17) is 16.3 Å². The highest BCUT2D eigenvalue weighted by Crippen LogP contribution is 2.24. The number of anilines is 1. The Morgan fingerprint density at radius 2 is 2.07 bits per heavy atom. The second-order valence-corrected chi connectivity index (χ2v) is 6.77. The molecule has 0 aliphatic carbocycles. The van der Waals surface area contributed by atoms with Crippen LogP contribution in [-0.2, 0) is 6.54 Å². The van der Waals surface area contributed by atoms with Crippen LogP contribution in [0.25, 0.3) is 10.9 Å². The molecule has 6 nitrogen and oxygen atoms in total. The van der Waals surface area contributed by atoms with Gasteiger partial charge in [-0.25, -0.2) is 9.97 Å². The van der Waals surface area contributed by atoms with Crippen molar-refractivity contribution in [1.82, 2.24) is 14.9 Å². The monoisotopic (exact) mass is 381 g/mol. The smallest absolute Gasteiger partial charge is 0.213 e. The molecule has 0 aliphatic rings. The van der Waals surface area contributed by atoms with E-state index in [2.05, 4.69) is 26.3 Å². The van der Waals surface area contributed by atoms with Crippen LogP contribution in [0.5, 0.6) is 5.88 Å². The van der Waals surface area contributed by atoms with Crippen molar-refractivity contribution >= 4 is 28.3 Å². The Balaban J connectivity index is 1.71. The lowest BCUT2D eigenvalue weighted by atomic mass is 10.1. The first-order valence-corrected chi connectivity index (χ1v) is 8.89. The van der Waals surface area contributed by atoms with Crippen molar-refractivity contribution in [2.24, 2.45) is 0 Å². The fraction of sp³-hybridized carbons (Fsp3) is 0.250. The third kappa shape index (κ3) is 5.07. The normalized spacial score (nSPS) is 10.8. The lowest BCUT2D eigenvalue weighted by molar-refractivity contribution is 0.253. The molecule has 0 radical (unpaired) electrons. The van der Waals surface area contributed by atoms with E-state index in [9.17, 15) is 5.26 Å². The van der Waals surface area contributed by atoms with Crippen molar-refractivity contribution in [1.29, 1.82) is 5.26 Å². The highest BCUT2D eigenvalue weighted by molar-refractivity contribution is 6.31. The maximum Gasteiger partial charge on any atom is 0.213 e. The Morgan fingerprint density at radius 3 is 2.85 bits per heavy atom. The Morgan fingerprint density at radius 1 is 1.22 bits per heavy atom. The zero-order valence-electron chi connectivity index (χ0n) is 15.2. The molecule has 0 fully saturated rings. The van der Waals surface area contributed by atoms with Crippen molar-refractivity contribution in [3.63, 3.8) is 0 Å². The number of hydrogen-bond donors (Lipinski definition) is 1. The number of nitriles is 1. The molecule has 0 unspecified atom stereocenters. The fourth-order valence-electron chi connectivity index (χ4n) is 2.55. The molecule has 3 aromatic rings. The molecular formula is C20H20ClN5O. The first kappa shape index (κ1) is 18.9. The Bertz CT molecular complexity index is 984. The van der Waals surface area contributed by atoms with E-state index in [-0.39, 0.29) is 0 Å². The molecule has 1 N–H and O–H groups in total. The minimum absolute atomic E-state index is 0.535. The molecule has 7 heteroatoms. The predicted octanol–water partition coefficient (Wildman–Crippen LogP) is 3.71. The summed E-state index contributed by atoms with van der Waals surface area (Å²) in [7, 11) is 3.99. The van der Waals surface area contributed by atoms with Gasteiger partial charge in [0.2, 0.25) is 5.88 Å². The summed E-state index contributed by atoms with van der Waals surface area (Å²) in [4.78, 5) is 10.8. The molecule has 0 saturated heterocycles. The van der Waals surface area contributed by atoms with E-state index in [1.54, 1.807) is 24.4 Å². The number of nitrogens with zero attached hydrogens (tertiary/aromatic N) is 4. The summed E-state index contributed by atoms with van der Waals surface area (Å²) in [5.74, 6) is 1.23. The zero-order chi connectivity index (χ0) is 19.2. The number of nitrogens with one attached hydrogen (secondary N) is 1. The van der Waals surface area contributed by atoms with E-state index in [1.807, 2.05) is 32.3 Å². The van der Waals surface area contributed by atoms with Gasteiger partial charge in [0.25, 0.3) is 0 Å². The molecule has 0 spiro atoms. The molecule has 0 saturated carbocycles. The maximum absolute atomic E-state index is 9.42. The molecule has 0 atom stereocenters. The van der Waals surface area contributed by atoms with Crippen LogP contribution >= 0.6 is 11.6 Å².